The first-order valence-corrected chi connectivity index (χ1v) is 6.42. The van der Waals surface area contributed by atoms with Crippen molar-refractivity contribution in [2.75, 3.05) is 0 Å². The molecule has 0 fully saturated rings. The van der Waals surface area contributed by atoms with E-state index in [1.54, 1.807) is 19.1 Å². The first-order valence-electron chi connectivity index (χ1n) is 5.47. The second-order valence-corrected chi connectivity index (χ2v) is 4.56. The predicted molar refractivity (Wildman–Crippen MR) is 71.0 cm³/mol. The number of thiophene rings is 1. The van der Waals surface area contributed by atoms with Crippen LogP contribution < -0.4 is 0 Å². The van der Waals surface area contributed by atoms with Crippen LogP contribution in [0.4, 0.5) is 5.69 Å². The summed E-state index contributed by atoms with van der Waals surface area (Å²) in [4.78, 5) is 22.2. The summed E-state index contributed by atoms with van der Waals surface area (Å²) in [5.74, 6) is -0.0880. The van der Waals surface area contributed by atoms with Crippen LogP contribution in [0.25, 0.3) is 11.1 Å². The van der Waals surface area contributed by atoms with Crippen LogP contribution in [-0.2, 0) is 0 Å². The Labute approximate surface area is 108 Å². The van der Waals surface area contributed by atoms with Crippen molar-refractivity contribution in [1.82, 2.24) is 0 Å². The number of ketones is 1. The van der Waals surface area contributed by atoms with Gasteiger partial charge in [-0.3, -0.25) is 14.9 Å². The number of carbonyl (C=O) groups excluding carboxylic acids is 1. The zero-order valence-electron chi connectivity index (χ0n) is 9.75. The van der Waals surface area contributed by atoms with Gasteiger partial charge in [0.25, 0.3) is 5.69 Å². The molecule has 0 spiro atoms. The van der Waals surface area contributed by atoms with E-state index in [4.69, 9.17) is 0 Å². The minimum absolute atomic E-state index is 0.0206. The number of Topliss-reactive ketones (excluding diaryl/α,β-unsaturated/α-hetero) is 1. The van der Waals surface area contributed by atoms with Gasteiger partial charge in [-0.2, -0.15) is 11.3 Å². The fourth-order valence-corrected chi connectivity index (χ4v) is 2.38. The second-order valence-electron chi connectivity index (χ2n) is 3.78. The quantitative estimate of drug-likeness (QED) is 0.476. The number of carbonyl (C=O) groups is 1. The summed E-state index contributed by atoms with van der Waals surface area (Å²) in [6, 6.07) is 6.47. The Morgan fingerprint density at radius 1 is 1.39 bits per heavy atom. The number of nitro benzene ring substituents is 1. The van der Waals surface area contributed by atoms with Gasteiger partial charge >= 0.3 is 0 Å². The lowest BCUT2D eigenvalue weighted by molar-refractivity contribution is -0.384. The van der Waals surface area contributed by atoms with Gasteiger partial charge in [0.1, 0.15) is 0 Å². The first-order chi connectivity index (χ1) is 8.63. The molecule has 1 heterocycles. The number of hydrogen-bond donors (Lipinski definition) is 0. The van der Waals surface area contributed by atoms with E-state index in [-0.39, 0.29) is 11.5 Å². The Morgan fingerprint density at radius 3 is 2.72 bits per heavy atom. The van der Waals surface area contributed by atoms with E-state index in [0.29, 0.717) is 17.5 Å². The molecule has 92 valence electrons. The van der Waals surface area contributed by atoms with E-state index < -0.39 is 4.92 Å². The minimum Gasteiger partial charge on any atom is -0.294 e. The zero-order chi connectivity index (χ0) is 13.1. The van der Waals surface area contributed by atoms with Gasteiger partial charge < -0.3 is 0 Å². The van der Waals surface area contributed by atoms with Crippen LogP contribution in [0.2, 0.25) is 0 Å². The summed E-state index contributed by atoms with van der Waals surface area (Å²) in [7, 11) is 0. The highest BCUT2D eigenvalue weighted by molar-refractivity contribution is 7.08. The molecule has 1 aromatic heterocycles. The fraction of sp³-hybridized carbons (Fsp3) is 0.154. The molecule has 4 nitrogen and oxygen atoms in total. The van der Waals surface area contributed by atoms with Crippen molar-refractivity contribution in [2.24, 2.45) is 0 Å². The summed E-state index contributed by atoms with van der Waals surface area (Å²) in [6.07, 6.45) is 0.342. The van der Waals surface area contributed by atoms with Crippen LogP contribution in [0.5, 0.6) is 0 Å². The summed E-state index contributed by atoms with van der Waals surface area (Å²) in [6.45, 7) is 1.74. The lowest BCUT2D eigenvalue weighted by Gasteiger charge is -2.03. The van der Waals surface area contributed by atoms with Gasteiger partial charge in [0.05, 0.1) is 10.5 Å². The average molecular weight is 261 g/mol. The van der Waals surface area contributed by atoms with E-state index in [2.05, 4.69) is 0 Å². The maximum atomic E-state index is 11.6. The smallest absolute Gasteiger partial charge is 0.277 e. The second kappa shape index (κ2) is 5.10. The van der Waals surface area contributed by atoms with Gasteiger partial charge in [-0.15, -0.1) is 0 Å². The third-order valence-electron chi connectivity index (χ3n) is 2.67. The van der Waals surface area contributed by atoms with Crippen molar-refractivity contribution < 1.29 is 9.72 Å². The van der Waals surface area contributed by atoms with E-state index in [0.717, 1.165) is 5.56 Å². The SMILES string of the molecule is CCC(=O)c1ccc(-c2ccsc2)c([N+](=O)[O-])c1. The molecule has 18 heavy (non-hydrogen) atoms. The molecular weight excluding hydrogens is 250 g/mol. The van der Waals surface area contributed by atoms with Crippen molar-refractivity contribution >= 4 is 22.8 Å². The third-order valence-corrected chi connectivity index (χ3v) is 3.35. The molecule has 0 radical (unpaired) electrons. The number of hydrogen-bond acceptors (Lipinski definition) is 4. The van der Waals surface area contributed by atoms with Crippen molar-refractivity contribution in [3.63, 3.8) is 0 Å². The fourth-order valence-electron chi connectivity index (χ4n) is 1.72. The van der Waals surface area contributed by atoms with Gasteiger partial charge in [-0.05, 0) is 28.5 Å². The molecule has 5 heteroatoms. The Hall–Kier alpha value is -2.01. The molecule has 0 aliphatic heterocycles. The van der Waals surface area contributed by atoms with Gasteiger partial charge in [0.15, 0.2) is 5.78 Å². The molecule has 0 N–H and O–H groups in total. The number of benzene rings is 1. The standard InChI is InChI=1S/C13H11NO3S/c1-2-13(15)9-3-4-11(10-5-6-18-8-10)12(7-9)14(16)17/h3-8H,2H2,1H3. The highest BCUT2D eigenvalue weighted by Crippen LogP contribution is 2.32. The highest BCUT2D eigenvalue weighted by atomic mass is 32.1. The highest BCUT2D eigenvalue weighted by Gasteiger charge is 2.18. The Balaban J connectivity index is 2.55. The van der Waals surface area contributed by atoms with Crippen LogP contribution >= 0.6 is 11.3 Å². The van der Waals surface area contributed by atoms with E-state index in [9.17, 15) is 14.9 Å². The molecule has 0 aliphatic rings. The van der Waals surface area contributed by atoms with Crippen LogP contribution in [0.3, 0.4) is 0 Å². The molecule has 0 bridgehead atoms. The number of nitrogens with zero attached hydrogens (tertiary/aromatic N) is 1. The lowest BCUT2D eigenvalue weighted by Crippen LogP contribution is -1.99. The van der Waals surface area contributed by atoms with Gasteiger partial charge in [0.2, 0.25) is 0 Å². The molecule has 0 aliphatic carbocycles. The van der Waals surface area contributed by atoms with Crippen molar-refractivity contribution in [1.29, 1.82) is 0 Å². The largest absolute Gasteiger partial charge is 0.294 e. The third kappa shape index (κ3) is 2.31. The molecule has 0 saturated carbocycles. The first kappa shape index (κ1) is 12.4. The van der Waals surface area contributed by atoms with Crippen molar-refractivity contribution in [3.05, 3.63) is 50.7 Å². The monoisotopic (exact) mass is 261 g/mol. The molecular formula is C13H11NO3S. The normalized spacial score (nSPS) is 10.3. The molecule has 0 saturated heterocycles. The van der Waals surface area contributed by atoms with E-state index in [1.807, 2.05) is 16.8 Å². The summed E-state index contributed by atoms with van der Waals surface area (Å²) in [5, 5.41) is 14.8. The topological polar surface area (TPSA) is 60.2 Å². The molecule has 2 aromatic rings. The van der Waals surface area contributed by atoms with Gasteiger partial charge in [-0.1, -0.05) is 13.0 Å². The summed E-state index contributed by atoms with van der Waals surface area (Å²) in [5.41, 5.74) is 1.73. The van der Waals surface area contributed by atoms with Gasteiger partial charge in [-0.25, -0.2) is 0 Å². The summed E-state index contributed by atoms with van der Waals surface area (Å²) < 4.78 is 0. The molecule has 1 aromatic carbocycles. The zero-order valence-corrected chi connectivity index (χ0v) is 10.6. The average Bonchev–Trinajstić information content (AvgIpc) is 2.90. The van der Waals surface area contributed by atoms with Crippen LogP contribution in [0.15, 0.2) is 35.0 Å². The minimum atomic E-state index is -0.445. The Morgan fingerprint density at radius 2 is 2.17 bits per heavy atom. The summed E-state index contributed by atoms with van der Waals surface area (Å²) >= 11 is 1.48. The van der Waals surface area contributed by atoms with Crippen molar-refractivity contribution in [2.45, 2.75) is 13.3 Å². The number of nitro groups is 1. The van der Waals surface area contributed by atoms with Crippen molar-refractivity contribution in [3.8, 4) is 11.1 Å². The van der Waals surface area contributed by atoms with Gasteiger partial charge in [0, 0.05) is 18.1 Å². The molecule has 0 amide bonds. The molecule has 0 unspecified atom stereocenters. The maximum absolute atomic E-state index is 11.6. The Bertz CT molecular complexity index is 590. The van der Waals surface area contributed by atoms with Crippen LogP contribution in [0.1, 0.15) is 23.7 Å². The Kier molecular flexibility index (Phi) is 3.53. The van der Waals surface area contributed by atoms with E-state index in [1.165, 1.54) is 17.4 Å². The molecule has 0 atom stereocenters. The maximum Gasteiger partial charge on any atom is 0.277 e. The van der Waals surface area contributed by atoms with Crippen LogP contribution in [-0.4, -0.2) is 10.7 Å². The lowest BCUT2D eigenvalue weighted by atomic mass is 10.0. The predicted octanol–water partition coefficient (Wildman–Crippen LogP) is 3.92. The van der Waals surface area contributed by atoms with Crippen LogP contribution in [0, 0.1) is 10.1 Å². The number of rotatable bonds is 4. The van der Waals surface area contributed by atoms with E-state index >= 15 is 0 Å². The molecule has 2 rings (SSSR count).